The van der Waals surface area contributed by atoms with Crippen molar-refractivity contribution in [1.29, 1.82) is 0 Å². The molecule has 0 aliphatic rings. The molecule has 0 bridgehead atoms. The number of aromatic nitrogens is 2. The van der Waals surface area contributed by atoms with Gasteiger partial charge in [-0.25, -0.2) is 0 Å². The van der Waals surface area contributed by atoms with Gasteiger partial charge in [-0.1, -0.05) is 55.3 Å². The molecule has 0 amide bonds. The maximum absolute atomic E-state index is 4.05. The fourth-order valence-corrected chi connectivity index (χ4v) is 2.41. The SMILES string of the molecule is CC.Cc1ccc2ccncc2c1.Cc1ccc2cnccc2c1. The third kappa shape index (κ3) is 4.63. The van der Waals surface area contributed by atoms with Crippen molar-refractivity contribution in [2.75, 3.05) is 0 Å². The first kappa shape index (κ1) is 17.6. The number of benzene rings is 2. The van der Waals surface area contributed by atoms with Gasteiger partial charge in [-0.3, -0.25) is 9.97 Å². The summed E-state index contributed by atoms with van der Waals surface area (Å²) in [5, 5.41) is 4.94. The lowest BCUT2D eigenvalue weighted by molar-refractivity contribution is 1.36. The molecule has 4 aromatic rings. The second-order valence-electron chi connectivity index (χ2n) is 5.45. The second kappa shape index (κ2) is 8.78. The van der Waals surface area contributed by atoms with Crippen molar-refractivity contribution in [3.05, 3.63) is 84.4 Å². The van der Waals surface area contributed by atoms with Gasteiger partial charge >= 0.3 is 0 Å². The van der Waals surface area contributed by atoms with Gasteiger partial charge in [0.1, 0.15) is 0 Å². The molecule has 0 aliphatic carbocycles. The fraction of sp³-hybridized carbons (Fsp3) is 0.182. The molecule has 0 spiro atoms. The smallest absolute Gasteiger partial charge is 0.0346 e. The molecule has 0 atom stereocenters. The van der Waals surface area contributed by atoms with Crippen LogP contribution in [0.2, 0.25) is 0 Å². The minimum absolute atomic E-state index is 1.21. The Morgan fingerprint density at radius 1 is 0.542 bits per heavy atom. The Hall–Kier alpha value is -2.74. The van der Waals surface area contributed by atoms with Gasteiger partial charge in [-0.05, 0) is 42.8 Å². The Morgan fingerprint density at radius 3 is 1.71 bits per heavy atom. The molecule has 2 heterocycles. The topological polar surface area (TPSA) is 25.8 Å². The molecular weight excluding hydrogens is 292 g/mol. The maximum Gasteiger partial charge on any atom is 0.0346 e. The minimum Gasteiger partial charge on any atom is -0.264 e. The molecule has 2 nitrogen and oxygen atoms in total. The third-order valence-corrected chi connectivity index (χ3v) is 3.59. The van der Waals surface area contributed by atoms with Crippen molar-refractivity contribution in [2.24, 2.45) is 0 Å². The quantitative estimate of drug-likeness (QED) is 0.391. The Balaban J connectivity index is 0.000000158. The van der Waals surface area contributed by atoms with Crippen LogP contribution in [0.15, 0.2) is 73.3 Å². The van der Waals surface area contributed by atoms with Gasteiger partial charge in [-0.15, -0.1) is 0 Å². The van der Waals surface area contributed by atoms with Gasteiger partial charge in [0.15, 0.2) is 0 Å². The van der Waals surface area contributed by atoms with Crippen LogP contribution in [0, 0.1) is 13.8 Å². The molecule has 0 saturated heterocycles. The van der Waals surface area contributed by atoms with Crippen LogP contribution < -0.4 is 0 Å². The van der Waals surface area contributed by atoms with Gasteiger partial charge in [0, 0.05) is 35.6 Å². The van der Waals surface area contributed by atoms with E-state index in [1.165, 1.54) is 32.7 Å². The summed E-state index contributed by atoms with van der Waals surface area (Å²) in [4.78, 5) is 8.10. The minimum atomic E-state index is 1.21. The van der Waals surface area contributed by atoms with Gasteiger partial charge in [0.25, 0.3) is 0 Å². The molecule has 4 rings (SSSR count). The lowest BCUT2D eigenvalue weighted by atomic mass is 10.1. The van der Waals surface area contributed by atoms with Crippen molar-refractivity contribution >= 4 is 21.5 Å². The Morgan fingerprint density at radius 2 is 1.04 bits per heavy atom. The van der Waals surface area contributed by atoms with E-state index in [1.54, 1.807) is 0 Å². The monoisotopic (exact) mass is 316 g/mol. The zero-order valence-electron chi connectivity index (χ0n) is 14.8. The van der Waals surface area contributed by atoms with Crippen LogP contribution in [-0.4, -0.2) is 9.97 Å². The summed E-state index contributed by atoms with van der Waals surface area (Å²) in [6, 6.07) is 16.8. The molecule has 0 aliphatic heterocycles. The van der Waals surface area contributed by atoms with E-state index in [0.717, 1.165) is 0 Å². The van der Waals surface area contributed by atoms with Crippen molar-refractivity contribution in [2.45, 2.75) is 27.7 Å². The number of pyridine rings is 2. The fourth-order valence-electron chi connectivity index (χ4n) is 2.41. The molecule has 24 heavy (non-hydrogen) atoms. The number of hydrogen-bond acceptors (Lipinski definition) is 2. The number of fused-ring (bicyclic) bond motifs is 2. The van der Waals surface area contributed by atoms with Crippen molar-refractivity contribution < 1.29 is 0 Å². The molecule has 0 unspecified atom stereocenters. The van der Waals surface area contributed by atoms with E-state index in [-0.39, 0.29) is 0 Å². The lowest BCUT2D eigenvalue weighted by Gasteiger charge is -1.96. The summed E-state index contributed by atoms with van der Waals surface area (Å²) >= 11 is 0. The predicted octanol–water partition coefficient (Wildman–Crippen LogP) is 6.11. The summed E-state index contributed by atoms with van der Waals surface area (Å²) in [6.07, 6.45) is 7.41. The molecule has 122 valence electrons. The van der Waals surface area contributed by atoms with Crippen LogP contribution in [0.4, 0.5) is 0 Å². The largest absolute Gasteiger partial charge is 0.264 e. The zero-order valence-corrected chi connectivity index (χ0v) is 14.8. The molecule has 0 saturated carbocycles. The lowest BCUT2D eigenvalue weighted by Crippen LogP contribution is -1.75. The van der Waals surface area contributed by atoms with Crippen LogP contribution >= 0.6 is 0 Å². The predicted molar refractivity (Wildman–Crippen MR) is 104 cm³/mol. The Bertz CT molecular complexity index is 836. The van der Waals surface area contributed by atoms with Crippen LogP contribution in [0.3, 0.4) is 0 Å². The molecule has 0 N–H and O–H groups in total. The van der Waals surface area contributed by atoms with Gasteiger partial charge in [0.2, 0.25) is 0 Å². The molecular formula is C22H24N2. The first-order chi connectivity index (χ1) is 11.7. The highest BCUT2D eigenvalue weighted by atomic mass is 14.6. The normalized spacial score (nSPS) is 9.67. The molecule has 2 aromatic heterocycles. The van der Waals surface area contributed by atoms with Gasteiger partial charge < -0.3 is 0 Å². The number of nitrogens with zero attached hydrogens (tertiary/aromatic N) is 2. The summed E-state index contributed by atoms with van der Waals surface area (Å²) in [7, 11) is 0. The van der Waals surface area contributed by atoms with E-state index >= 15 is 0 Å². The van der Waals surface area contributed by atoms with E-state index < -0.39 is 0 Å². The van der Waals surface area contributed by atoms with Crippen molar-refractivity contribution in [1.82, 2.24) is 9.97 Å². The van der Waals surface area contributed by atoms with Crippen LogP contribution in [0.5, 0.6) is 0 Å². The van der Waals surface area contributed by atoms with Crippen molar-refractivity contribution in [3.63, 3.8) is 0 Å². The van der Waals surface area contributed by atoms with Crippen LogP contribution in [0.25, 0.3) is 21.5 Å². The Labute approximate surface area is 144 Å². The van der Waals surface area contributed by atoms with E-state index in [4.69, 9.17) is 0 Å². The van der Waals surface area contributed by atoms with Gasteiger partial charge in [0.05, 0.1) is 0 Å². The van der Waals surface area contributed by atoms with E-state index in [0.29, 0.717) is 0 Å². The molecule has 0 radical (unpaired) electrons. The summed E-state index contributed by atoms with van der Waals surface area (Å²) in [5.74, 6) is 0. The number of rotatable bonds is 0. The average Bonchev–Trinajstić information content (AvgIpc) is 2.64. The van der Waals surface area contributed by atoms with Crippen molar-refractivity contribution in [3.8, 4) is 0 Å². The zero-order chi connectivity index (χ0) is 17.4. The number of aryl methyl sites for hydroxylation is 2. The van der Waals surface area contributed by atoms with Gasteiger partial charge in [-0.2, -0.15) is 0 Å². The molecule has 0 fully saturated rings. The maximum atomic E-state index is 4.05. The highest BCUT2D eigenvalue weighted by Gasteiger charge is 1.91. The molecule has 2 heteroatoms. The highest BCUT2D eigenvalue weighted by molar-refractivity contribution is 5.82. The summed E-state index contributed by atoms with van der Waals surface area (Å²) in [5.41, 5.74) is 2.58. The first-order valence-electron chi connectivity index (χ1n) is 8.33. The average molecular weight is 316 g/mol. The van der Waals surface area contributed by atoms with Crippen LogP contribution in [0.1, 0.15) is 25.0 Å². The summed E-state index contributed by atoms with van der Waals surface area (Å²) in [6.45, 7) is 8.19. The second-order valence-corrected chi connectivity index (χ2v) is 5.45. The Kier molecular flexibility index (Phi) is 6.44. The van der Waals surface area contributed by atoms with E-state index in [2.05, 4.69) is 60.2 Å². The standard InChI is InChI=1S/2C10H9N.C2H6/c1-8-2-3-10-7-11-5-4-9(10)6-8;1-8-2-3-9-4-5-11-7-10(9)6-8;1-2/h2*2-7H,1H3;1-2H3. The first-order valence-corrected chi connectivity index (χ1v) is 8.33. The van der Waals surface area contributed by atoms with E-state index in [9.17, 15) is 0 Å². The van der Waals surface area contributed by atoms with E-state index in [1.807, 2.05) is 50.8 Å². The third-order valence-electron chi connectivity index (χ3n) is 3.59. The highest BCUT2D eigenvalue weighted by Crippen LogP contribution is 2.13. The van der Waals surface area contributed by atoms with Crippen LogP contribution in [-0.2, 0) is 0 Å². The number of hydrogen-bond donors (Lipinski definition) is 0. The summed E-state index contributed by atoms with van der Waals surface area (Å²) < 4.78 is 0. The molecule has 2 aromatic carbocycles.